The number of carbonyl (C=O) groups excluding carboxylic acids is 1. The molecule has 3 heterocycles. The summed E-state index contributed by atoms with van der Waals surface area (Å²) in [4.78, 5) is 35.7. The Morgan fingerprint density at radius 1 is 1.10 bits per heavy atom. The Morgan fingerprint density at radius 2 is 1.76 bits per heavy atom. The molecule has 1 saturated heterocycles. The van der Waals surface area contributed by atoms with Gasteiger partial charge in [0.2, 0.25) is 0 Å². The number of amides is 1. The molecular weight excluding hydrogens is 630 g/mol. The molecular formula is C30H35BrF2N4O4S. The van der Waals surface area contributed by atoms with Gasteiger partial charge in [-0.15, -0.1) is 11.8 Å². The predicted molar refractivity (Wildman–Crippen MR) is 165 cm³/mol. The number of hydrogen-bond donors (Lipinski definition) is 0. The molecule has 1 aromatic heterocycles. The summed E-state index contributed by atoms with van der Waals surface area (Å²) in [5.41, 5.74) is 1.19. The second-order valence-electron chi connectivity index (χ2n) is 12.0. The number of ether oxygens (including phenoxy) is 2. The van der Waals surface area contributed by atoms with Gasteiger partial charge in [0.1, 0.15) is 23.1 Å². The van der Waals surface area contributed by atoms with E-state index in [4.69, 9.17) is 9.47 Å². The minimum Gasteiger partial charge on any atom is -0.444 e. The van der Waals surface area contributed by atoms with Crippen molar-refractivity contribution >= 4 is 50.5 Å². The van der Waals surface area contributed by atoms with Gasteiger partial charge in [0.25, 0.3) is 0 Å². The highest BCUT2D eigenvalue weighted by molar-refractivity contribution is 9.10. The second-order valence-corrected chi connectivity index (χ2v) is 13.9. The van der Waals surface area contributed by atoms with Crippen molar-refractivity contribution in [2.24, 2.45) is 0 Å². The first kappa shape index (κ1) is 30.7. The number of thioether (sulfide) groups is 1. The lowest BCUT2D eigenvalue weighted by Gasteiger charge is -2.45. The van der Waals surface area contributed by atoms with Gasteiger partial charge in [-0.3, -0.25) is 9.47 Å². The maximum Gasteiger partial charge on any atom is 0.410 e. The summed E-state index contributed by atoms with van der Waals surface area (Å²) in [5, 5.41) is 0.752. The van der Waals surface area contributed by atoms with Crippen LogP contribution in [0.4, 0.5) is 19.4 Å². The fourth-order valence-electron chi connectivity index (χ4n) is 5.87. The normalized spacial score (nSPS) is 21.0. The van der Waals surface area contributed by atoms with Crippen LogP contribution in [0.25, 0.3) is 22.0 Å². The summed E-state index contributed by atoms with van der Waals surface area (Å²) in [7, 11) is 1.60. The van der Waals surface area contributed by atoms with E-state index in [-0.39, 0.29) is 40.9 Å². The number of benzene rings is 2. The zero-order valence-electron chi connectivity index (χ0n) is 24.8. The van der Waals surface area contributed by atoms with Crippen LogP contribution in [0.2, 0.25) is 0 Å². The molecule has 3 atom stereocenters. The van der Waals surface area contributed by atoms with Crippen LogP contribution in [0.1, 0.15) is 40.2 Å². The summed E-state index contributed by atoms with van der Waals surface area (Å²) in [6.45, 7) is 12.5. The molecule has 0 bridgehead atoms. The summed E-state index contributed by atoms with van der Waals surface area (Å²) < 4.78 is 42.6. The third kappa shape index (κ3) is 5.65. The zero-order valence-corrected chi connectivity index (χ0v) is 27.2. The van der Waals surface area contributed by atoms with Gasteiger partial charge in [-0.25, -0.2) is 18.4 Å². The molecule has 0 saturated carbocycles. The molecule has 1 amide bonds. The van der Waals surface area contributed by atoms with E-state index in [1.54, 1.807) is 16.6 Å². The smallest absolute Gasteiger partial charge is 0.410 e. The van der Waals surface area contributed by atoms with Gasteiger partial charge in [-0.05, 0) is 75.2 Å². The first-order valence-corrected chi connectivity index (χ1v) is 15.6. The Hall–Kier alpha value is -2.70. The van der Waals surface area contributed by atoms with Crippen LogP contribution >= 0.6 is 27.7 Å². The Kier molecular flexibility index (Phi) is 8.36. The number of hydrogen-bond acceptors (Lipinski definition) is 7. The maximum absolute atomic E-state index is 15.3. The number of nitrogens with zero attached hydrogens (tertiary/aromatic N) is 4. The lowest BCUT2D eigenvalue weighted by Crippen LogP contribution is -2.59. The fraction of sp³-hybridized carbons (Fsp3) is 0.500. The van der Waals surface area contributed by atoms with Crippen LogP contribution in [-0.4, -0.2) is 70.3 Å². The molecule has 1 fully saturated rings. The van der Waals surface area contributed by atoms with Gasteiger partial charge < -0.3 is 14.4 Å². The summed E-state index contributed by atoms with van der Waals surface area (Å²) in [6, 6.07) is 3.81. The van der Waals surface area contributed by atoms with Crippen molar-refractivity contribution in [1.82, 2.24) is 14.5 Å². The van der Waals surface area contributed by atoms with E-state index >= 15 is 4.39 Å². The number of aryl methyl sites for hydroxylation is 1. The lowest BCUT2D eigenvalue weighted by molar-refractivity contribution is 0.00562. The van der Waals surface area contributed by atoms with Crippen molar-refractivity contribution in [1.29, 1.82) is 0 Å². The van der Waals surface area contributed by atoms with Crippen LogP contribution in [0, 0.1) is 18.6 Å². The number of anilines is 1. The molecule has 2 aliphatic rings. The standard InChI is InChI=1S/C30H35BrF2N4O4S/c1-15-8-20-25-26(24(15)19-9-21(31)23(33)10-22(19)32)42-14-18(40-7)13-36(25)28(38)34-27(20)35-11-16(2)37(17(3)12-35)29(39)41-30(4,5)6/h8-10,16-18H,11-14H2,1-7H3/t16-,17+,18-/m0/s1. The fourth-order valence-corrected chi connectivity index (χ4v) is 7.58. The molecule has 0 N–H and O–H groups in total. The average molecular weight is 666 g/mol. The van der Waals surface area contributed by atoms with Crippen LogP contribution in [0.3, 0.4) is 0 Å². The van der Waals surface area contributed by atoms with Gasteiger partial charge in [-0.2, -0.15) is 4.98 Å². The molecule has 8 nitrogen and oxygen atoms in total. The van der Waals surface area contributed by atoms with Gasteiger partial charge >= 0.3 is 11.8 Å². The highest BCUT2D eigenvalue weighted by Crippen LogP contribution is 2.45. The van der Waals surface area contributed by atoms with Crippen LogP contribution in [0.15, 0.2) is 32.4 Å². The SMILES string of the molecule is CO[C@@H]1CSc2c(-c3cc(Br)c(F)cc3F)c(C)cc3c(N4C[C@@H](C)N(C(=O)OC(C)(C)C)[C@@H](C)C4)nc(=O)n(c23)C1. The monoisotopic (exact) mass is 664 g/mol. The Balaban J connectivity index is 1.68. The van der Waals surface area contributed by atoms with E-state index < -0.39 is 22.9 Å². The highest BCUT2D eigenvalue weighted by atomic mass is 79.9. The maximum atomic E-state index is 15.3. The molecule has 3 aromatic rings. The van der Waals surface area contributed by atoms with Crippen LogP contribution in [0.5, 0.6) is 0 Å². The van der Waals surface area contributed by atoms with E-state index in [9.17, 15) is 14.0 Å². The first-order valence-electron chi connectivity index (χ1n) is 13.8. The van der Waals surface area contributed by atoms with E-state index in [1.165, 1.54) is 17.8 Å². The third-order valence-corrected chi connectivity index (χ3v) is 9.46. The molecule has 0 aliphatic carbocycles. The number of piperazine rings is 1. The molecule has 2 aliphatic heterocycles. The number of carbonyl (C=O) groups is 1. The molecule has 0 spiro atoms. The molecule has 2 aromatic carbocycles. The van der Waals surface area contributed by atoms with Gasteiger partial charge in [0.05, 0.1) is 34.7 Å². The van der Waals surface area contributed by atoms with Crippen molar-refractivity contribution < 1.29 is 23.0 Å². The number of rotatable bonds is 3. The van der Waals surface area contributed by atoms with Crippen molar-refractivity contribution in [3.05, 3.63) is 50.4 Å². The summed E-state index contributed by atoms with van der Waals surface area (Å²) in [5.74, 6) is -0.330. The quantitative estimate of drug-likeness (QED) is 0.301. The largest absolute Gasteiger partial charge is 0.444 e. The van der Waals surface area contributed by atoms with E-state index in [1.807, 2.05) is 52.5 Å². The van der Waals surface area contributed by atoms with Crippen molar-refractivity contribution in [2.75, 3.05) is 30.9 Å². The van der Waals surface area contributed by atoms with Gasteiger partial charge in [0.15, 0.2) is 0 Å². The topological polar surface area (TPSA) is 76.9 Å². The van der Waals surface area contributed by atoms with Crippen molar-refractivity contribution in [2.45, 2.75) is 76.8 Å². The Bertz CT molecular complexity index is 1610. The molecule has 42 heavy (non-hydrogen) atoms. The van der Waals surface area contributed by atoms with Crippen molar-refractivity contribution in [3.63, 3.8) is 0 Å². The number of halogens is 3. The van der Waals surface area contributed by atoms with E-state index in [2.05, 4.69) is 20.9 Å². The molecule has 0 unspecified atom stereocenters. The van der Waals surface area contributed by atoms with Crippen molar-refractivity contribution in [3.8, 4) is 11.1 Å². The highest BCUT2D eigenvalue weighted by Gasteiger charge is 2.37. The molecule has 226 valence electrons. The number of aromatic nitrogens is 2. The minimum absolute atomic E-state index is 0.151. The van der Waals surface area contributed by atoms with Crippen LogP contribution < -0.4 is 10.6 Å². The molecule has 5 rings (SSSR count). The summed E-state index contributed by atoms with van der Waals surface area (Å²) >= 11 is 4.69. The second kappa shape index (κ2) is 11.4. The molecule has 0 radical (unpaired) electrons. The Labute approximate surface area is 256 Å². The van der Waals surface area contributed by atoms with E-state index in [0.29, 0.717) is 35.7 Å². The predicted octanol–water partition coefficient (Wildman–Crippen LogP) is 6.37. The van der Waals surface area contributed by atoms with Gasteiger partial charge in [0, 0.05) is 53.4 Å². The minimum atomic E-state index is -0.690. The first-order chi connectivity index (χ1) is 19.7. The van der Waals surface area contributed by atoms with Crippen LogP contribution in [-0.2, 0) is 16.0 Å². The average Bonchev–Trinajstić information content (AvgIpc) is 3.08. The number of methoxy groups -OCH3 is 1. The Morgan fingerprint density at radius 3 is 2.38 bits per heavy atom. The van der Waals surface area contributed by atoms with E-state index in [0.717, 1.165) is 21.9 Å². The summed E-state index contributed by atoms with van der Waals surface area (Å²) in [6.07, 6.45) is -0.648. The zero-order chi connectivity index (χ0) is 30.7. The van der Waals surface area contributed by atoms with Gasteiger partial charge in [-0.1, -0.05) is 0 Å². The third-order valence-electron chi connectivity index (χ3n) is 7.63. The molecule has 12 heteroatoms. The lowest BCUT2D eigenvalue weighted by atomic mass is 9.97.